The van der Waals surface area contributed by atoms with Crippen molar-refractivity contribution in [1.82, 2.24) is 24.4 Å². The second kappa shape index (κ2) is 11.9. The van der Waals surface area contributed by atoms with Gasteiger partial charge in [0.25, 0.3) is 0 Å². The van der Waals surface area contributed by atoms with E-state index in [0.29, 0.717) is 53.9 Å². The van der Waals surface area contributed by atoms with Crippen LogP contribution >= 0.6 is 0 Å². The highest BCUT2D eigenvalue weighted by Crippen LogP contribution is 2.30. The van der Waals surface area contributed by atoms with Crippen LogP contribution in [0.1, 0.15) is 18.1 Å². The molecule has 2 aromatic carbocycles. The zero-order valence-electron chi connectivity index (χ0n) is 21.8. The van der Waals surface area contributed by atoms with E-state index in [9.17, 15) is 18.0 Å². The summed E-state index contributed by atoms with van der Waals surface area (Å²) in [5, 5.41) is 9.30. The maximum atomic E-state index is 13.0. The summed E-state index contributed by atoms with van der Waals surface area (Å²) in [6.45, 7) is 6.28. The van der Waals surface area contributed by atoms with Gasteiger partial charge in [-0.15, -0.1) is 0 Å². The molecule has 210 valence electrons. The average molecular weight is 555 g/mol. The molecule has 1 fully saturated rings. The molecule has 5 rings (SSSR count). The number of halogens is 3. The number of alkyl halides is 3. The molecule has 1 saturated heterocycles. The maximum absolute atomic E-state index is 13.0. The molecule has 10 nitrogen and oxygen atoms in total. The second-order valence-corrected chi connectivity index (χ2v) is 9.40. The molecule has 0 aliphatic carbocycles. The van der Waals surface area contributed by atoms with Gasteiger partial charge in [-0.1, -0.05) is 12.1 Å². The van der Waals surface area contributed by atoms with Gasteiger partial charge in [0.05, 0.1) is 31.6 Å². The molecule has 1 aliphatic rings. The predicted molar refractivity (Wildman–Crippen MR) is 146 cm³/mol. The highest BCUT2D eigenvalue weighted by atomic mass is 19.4. The van der Waals surface area contributed by atoms with Crippen LogP contribution in [-0.4, -0.2) is 69.7 Å². The quantitative estimate of drug-likeness (QED) is 0.281. The van der Waals surface area contributed by atoms with Crippen LogP contribution in [0.25, 0.3) is 11.2 Å². The Hall–Kier alpha value is -4.23. The molecular weight excluding hydrogens is 525 g/mol. The van der Waals surface area contributed by atoms with Crippen LogP contribution in [0.5, 0.6) is 0 Å². The van der Waals surface area contributed by atoms with Crippen molar-refractivity contribution in [2.75, 3.05) is 55.3 Å². The van der Waals surface area contributed by atoms with Crippen LogP contribution in [0, 0.1) is 0 Å². The van der Waals surface area contributed by atoms with Gasteiger partial charge in [0.2, 0.25) is 11.9 Å². The fraction of sp³-hybridized carbons (Fsp3) is 0.333. The number of benzene rings is 2. The van der Waals surface area contributed by atoms with Gasteiger partial charge in [0, 0.05) is 44.5 Å². The first-order chi connectivity index (χ1) is 19.2. The normalized spacial score (nSPS) is 14.3. The molecule has 2 aromatic heterocycles. The number of hydrogen-bond donors (Lipinski definition) is 3. The van der Waals surface area contributed by atoms with Crippen molar-refractivity contribution in [1.29, 1.82) is 0 Å². The summed E-state index contributed by atoms with van der Waals surface area (Å²) >= 11 is 0. The second-order valence-electron chi connectivity index (χ2n) is 9.40. The number of carbonyl (C=O) groups is 1. The summed E-state index contributed by atoms with van der Waals surface area (Å²) < 4.78 is 46.2. The first-order valence-electron chi connectivity index (χ1n) is 12.8. The van der Waals surface area contributed by atoms with Crippen molar-refractivity contribution in [2.45, 2.75) is 19.6 Å². The number of carbonyl (C=O) groups excluding carboxylic acids is 1. The number of aromatic nitrogens is 4. The minimum atomic E-state index is -4.39. The summed E-state index contributed by atoms with van der Waals surface area (Å²) in [5.41, 5.74) is 2.41. The van der Waals surface area contributed by atoms with Crippen LogP contribution in [-0.2, 0) is 22.3 Å². The molecular formula is C27H29F3N8O2. The molecule has 0 saturated carbocycles. The van der Waals surface area contributed by atoms with Crippen LogP contribution in [0.2, 0.25) is 0 Å². The van der Waals surface area contributed by atoms with E-state index in [4.69, 9.17) is 4.74 Å². The van der Waals surface area contributed by atoms with Crippen molar-refractivity contribution < 1.29 is 22.7 Å². The molecule has 0 unspecified atom stereocenters. The number of hydrogen-bond acceptors (Lipinski definition) is 8. The molecule has 1 amide bonds. The Kier molecular flexibility index (Phi) is 8.12. The number of amides is 1. The van der Waals surface area contributed by atoms with E-state index >= 15 is 0 Å². The van der Waals surface area contributed by atoms with Crippen LogP contribution in [0.15, 0.2) is 54.9 Å². The van der Waals surface area contributed by atoms with E-state index < -0.39 is 11.7 Å². The van der Waals surface area contributed by atoms with Gasteiger partial charge >= 0.3 is 6.18 Å². The Labute approximate surface area is 228 Å². The number of imidazole rings is 1. The lowest BCUT2D eigenvalue weighted by Crippen LogP contribution is -2.39. The topological polar surface area (TPSA) is 109 Å². The highest BCUT2D eigenvalue weighted by Gasteiger charge is 2.30. The number of fused-ring (bicyclic) bond motifs is 1. The Morgan fingerprint density at radius 3 is 2.38 bits per heavy atom. The molecule has 3 heterocycles. The van der Waals surface area contributed by atoms with E-state index in [1.807, 2.05) is 12.1 Å². The van der Waals surface area contributed by atoms with Crippen molar-refractivity contribution >= 4 is 40.2 Å². The molecule has 13 heteroatoms. The summed E-state index contributed by atoms with van der Waals surface area (Å²) in [7, 11) is 0. The zero-order chi connectivity index (χ0) is 28.1. The minimum absolute atomic E-state index is 0.162. The van der Waals surface area contributed by atoms with E-state index in [0.717, 1.165) is 37.5 Å². The number of ether oxygens (including phenoxy) is 1. The number of nitrogens with zero attached hydrogens (tertiary/aromatic N) is 5. The SMILES string of the molecule is CC(=O)Nc1ccc(Nc2nc(NCCN3CCOCC3)nc3c2ncn3Cc2ccc(C(F)(F)F)cc2)cc1. The van der Waals surface area contributed by atoms with Gasteiger partial charge in [-0.2, -0.15) is 23.1 Å². The first-order valence-corrected chi connectivity index (χ1v) is 12.8. The van der Waals surface area contributed by atoms with E-state index in [2.05, 4.69) is 35.8 Å². The molecule has 0 bridgehead atoms. The third kappa shape index (κ3) is 6.85. The molecule has 40 heavy (non-hydrogen) atoms. The largest absolute Gasteiger partial charge is 0.416 e. The van der Waals surface area contributed by atoms with Gasteiger partial charge in [-0.05, 0) is 42.0 Å². The van der Waals surface area contributed by atoms with Gasteiger partial charge < -0.3 is 25.3 Å². The van der Waals surface area contributed by atoms with Crippen LogP contribution in [0.4, 0.5) is 36.3 Å². The summed E-state index contributed by atoms with van der Waals surface area (Å²) in [4.78, 5) is 27.5. The Bertz CT molecular complexity index is 1450. The van der Waals surface area contributed by atoms with Crippen molar-refractivity contribution in [3.8, 4) is 0 Å². The van der Waals surface area contributed by atoms with Gasteiger partial charge in [0.15, 0.2) is 17.0 Å². The Balaban J connectivity index is 1.40. The average Bonchev–Trinajstić information content (AvgIpc) is 3.33. The predicted octanol–water partition coefficient (Wildman–Crippen LogP) is 4.34. The molecule has 0 radical (unpaired) electrons. The van der Waals surface area contributed by atoms with Crippen molar-refractivity contribution in [3.63, 3.8) is 0 Å². The molecule has 3 N–H and O–H groups in total. The van der Waals surface area contributed by atoms with Crippen molar-refractivity contribution in [3.05, 3.63) is 66.0 Å². The lowest BCUT2D eigenvalue weighted by Gasteiger charge is -2.26. The van der Waals surface area contributed by atoms with E-state index in [1.165, 1.54) is 19.1 Å². The lowest BCUT2D eigenvalue weighted by molar-refractivity contribution is -0.137. The van der Waals surface area contributed by atoms with Gasteiger partial charge in [-0.25, -0.2) is 4.98 Å². The maximum Gasteiger partial charge on any atom is 0.416 e. The smallest absolute Gasteiger partial charge is 0.379 e. The van der Waals surface area contributed by atoms with Gasteiger partial charge in [0.1, 0.15) is 0 Å². The third-order valence-corrected chi connectivity index (χ3v) is 6.38. The lowest BCUT2D eigenvalue weighted by atomic mass is 10.1. The first kappa shape index (κ1) is 27.3. The highest BCUT2D eigenvalue weighted by molar-refractivity contribution is 5.89. The summed E-state index contributed by atoms with van der Waals surface area (Å²) in [6, 6.07) is 12.2. The number of morpholine rings is 1. The summed E-state index contributed by atoms with van der Waals surface area (Å²) in [6.07, 6.45) is -2.80. The number of nitrogens with one attached hydrogen (secondary N) is 3. The summed E-state index contributed by atoms with van der Waals surface area (Å²) in [5.74, 6) is 0.703. The third-order valence-electron chi connectivity index (χ3n) is 6.38. The molecule has 1 aliphatic heterocycles. The van der Waals surface area contributed by atoms with Crippen LogP contribution in [0.3, 0.4) is 0 Å². The zero-order valence-corrected chi connectivity index (χ0v) is 21.8. The van der Waals surface area contributed by atoms with Crippen LogP contribution < -0.4 is 16.0 Å². The minimum Gasteiger partial charge on any atom is -0.379 e. The Morgan fingerprint density at radius 2 is 1.70 bits per heavy atom. The fourth-order valence-corrected chi connectivity index (χ4v) is 4.35. The monoisotopic (exact) mass is 554 g/mol. The van der Waals surface area contributed by atoms with Gasteiger partial charge in [-0.3, -0.25) is 9.69 Å². The number of rotatable bonds is 9. The Morgan fingerprint density at radius 1 is 1.00 bits per heavy atom. The van der Waals surface area contributed by atoms with E-state index in [1.54, 1.807) is 23.0 Å². The molecule has 4 aromatic rings. The number of anilines is 4. The molecule has 0 spiro atoms. The van der Waals surface area contributed by atoms with Crippen molar-refractivity contribution in [2.24, 2.45) is 0 Å². The molecule has 0 atom stereocenters. The standard InChI is InChI=1S/C27H29F3N8O2/c1-18(39)33-21-6-8-22(9-7-21)34-24-23-25(36-26(35-24)31-10-11-37-12-14-40-15-13-37)38(17-32-23)16-19-2-4-20(5-3-19)27(28,29)30/h2-9,17H,10-16H2,1H3,(H,33,39)(H2,31,34,35,36). The van der Waals surface area contributed by atoms with E-state index in [-0.39, 0.29) is 12.5 Å². The fourth-order valence-electron chi connectivity index (χ4n) is 4.35.